The maximum absolute atomic E-state index is 8.80. The molecule has 6 nitrogen and oxygen atoms in total. The molecular weight excluding hydrogens is 290 g/mol. The number of aromatic nitrogens is 2. The SMILES string of the molecule is N#Cc1ccc(CNc2cnn(CCN3CCOCC3)c2)cc1. The van der Waals surface area contributed by atoms with Crippen molar-refractivity contribution in [3.8, 4) is 6.07 Å². The van der Waals surface area contributed by atoms with Crippen molar-refractivity contribution >= 4 is 5.69 Å². The number of nitriles is 1. The normalized spacial score (nSPS) is 15.3. The molecule has 23 heavy (non-hydrogen) atoms. The molecule has 120 valence electrons. The van der Waals surface area contributed by atoms with Crippen molar-refractivity contribution in [1.82, 2.24) is 14.7 Å². The van der Waals surface area contributed by atoms with Crippen LogP contribution in [0.25, 0.3) is 0 Å². The number of hydrogen-bond acceptors (Lipinski definition) is 5. The van der Waals surface area contributed by atoms with E-state index in [1.165, 1.54) is 0 Å². The van der Waals surface area contributed by atoms with Crippen LogP contribution in [0.15, 0.2) is 36.7 Å². The molecule has 0 unspecified atom stereocenters. The fourth-order valence-corrected chi connectivity index (χ4v) is 2.55. The van der Waals surface area contributed by atoms with Crippen molar-refractivity contribution in [3.63, 3.8) is 0 Å². The zero-order chi connectivity index (χ0) is 15.9. The minimum Gasteiger partial charge on any atom is -0.379 e. The second kappa shape index (κ2) is 7.77. The Morgan fingerprint density at radius 1 is 1.17 bits per heavy atom. The summed E-state index contributed by atoms with van der Waals surface area (Å²) in [5, 5.41) is 16.5. The molecule has 0 bridgehead atoms. The van der Waals surface area contributed by atoms with E-state index in [0.29, 0.717) is 5.56 Å². The van der Waals surface area contributed by atoms with Crippen molar-refractivity contribution in [2.45, 2.75) is 13.1 Å². The van der Waals surface area contributed by atoms with Crippen LogP contribution in [0.4, 0.5) is 5.69 Å². The highest BCUT2D eigenvalue weighted by Gasteiger charge is 2.10. The van der Waals surface area contributed by atoms with E-state index in [1.807, 2.05) is 41.3 Å². The van der Waals surface area contributed by atoms with E-state index in [0.717, 1.165) is 57.2 Å². The first-order chi connectivity index (χ1) is 11.3. The van der Waals surface area contributed by atoms with E-state index >= 15 is 0 Å². The summed E-state index contributed by atoms with van der Waals surface area (Å²) >= 11 is 0. The number of hydrogen-bond donors (Lipinski definition) is 1. The molecule has 0 saturated carbocycles. The quantitative estimate of drug-likeness (QED) is 0.879. The third kappa shape index (κ3) is 4.55. The van der Waals surface area contributed by atoms with Crippen molar-refractivity contribution in [3.05, 3.63) is 47.8 Å². The summed E-state index contributed by atoms with van der Waals surface area (Å²) in [6, 6.07) is 9.73. The van der Waals surface area contributed by atoms with Crippen molar-refractivity contribution in [1.29, 1.82) is 5.26 Å². The van der Waals surface area contributed by atoms with Crippen molar-refractivity contribution in [2.75, 3.05) is 38.2 Å². The Bertz CT molecular complexity index is 652. The minimum atomic E-state index is 0.685. The largest absolute Gasteiger partial charge is 0.379 e. The molecule has 0 aliphatic carbocycles. The van der Waals surface area contributed by atoms with Gasteiger partial charge in [0, 0.05) is 32.4 Å². The molecule has 6 heteroatoms. The van der Waals surface area contributed by atoms with Gasteiger partial charge in [-0.15, -0.1) is 0 Å². The van der Waals surface area contributed by atoms with E-state index in [4.69, 9.17) is 10.00 Å². The summed E-state index contributed by atoms with van der Waals surface area (Å²) < 4.78 is 7.32. The van der Waals surface area contributed by atoms with Crippen LogP contribution in [0.5, 0.6) is 0 Å². The molecule has 3 rings (SSSR count). The van der Waals surface area contributed by atoms with E-state index in [1.54, 1.807) is 0 Å². The Balaban J connectivity index is 1.45. The maximum atomic E-state index is 8.80. The summed E-state index contributed by atoms with van der Waals surface area (Å²) in [6.45, 7) is 6.28. The van der Waals surface area contributed by atoms with E-state index in [9.17, 15) is 0 Å². The number of morpholine rings is 1. The molecule has 2 aromatic rings. The predicted molar refractivity (Wildman–Crippen MR) is 88.0 cm³/mol. The number of nitrogens with one attached hydrogen (secondary N) is 1. The monoisotopic (exact) mass is 311 g/mol. The third-order valence-corrected chi connectivity index (χ3v) is 3.96. The summed E-state index contributed by atoms with van der Waals surface area (Å²) in [7, 11) is 0. The molecule has 0 atom stereocenters. The number of rotatable bonds is 6. The molecular formula is C17H21N5O. The Morgan fingerprint density at radius 3 is 2.70 bits per heavy atom. The lowest BCUT2D eigenvalue weighted by Crippen LogP contribution is -2.38. The Kier molecular flexibility index (Phi) is 5.25. The molecule has 0 spiro atoms. The zero-order valence-corrected chi connectivity index (χ0v) is 13.1. The van der Waals surface area contributed by atoms with Gasteiger partial charge in [0.2, 0.25) is 0 Å². The lowest BCUT2D eigenvalue weighted by atomic mass is 10.1. The molecule has 1 fully saturated rings. The number of benzene rings is 1. The molecule has 1 aliphatic rings. The van der Waals surface area contributed by atoms with Crippen LogP contribution in [0.2, 0.25) is 0 Å². The highest BCUT2D eigenvalue weighted by Crippen LogP contribution is 2.09. The molecule has 1 N–H and O–H groups in total. The van der Waals surface area contributed by atoms with Crippen molar-refractivity contribution < 1.29 is 4.74 Å². The van der Waals surface area contributed by atoms with Gasteiger partial charge in [-0.25, -0.2) is 0 Å². The van der Waals surface area contributed by atoms with Crippen LogP contribution in [-0.2, 0) is 17.8 Å². The van der Waals surface area contributed by atoms with Gasteiger partial charge in [-0.3, -0.25) is 9.58 Å². The van der Waals surface area contributed by atoms with Gasteiger partial charge in [0.15, 0.2) is 0 Å². The van der Waals surface area contributed by atoms with Gasteiger partial charge in [0.05, 0.1) is 43.3 Å². The van der Waals surface area contributed by atoms with Gasteiger partial charge in [-0.05, 0) is 17.7 Å². The summed E-state index contributed by atoms with van der Waals surface area (Å²) in [6.07, 6.45) is 3.88. The first-order valence-corrected chi connectivity index (χ1v) is 7.89. The summed E-state index contributed by atoms with van der Waals surface area (Å²) in [5.74, 6) is 0. The molecule has 2 heterocycles. The highest BCUT2D eigenvalue weighted by atomic mass is 16.5. The van der Waals surface area contributed by atoms with Gasteiger partial charge >= 0.3 is 0 Å². The van der Waals surface area contributed by atoms with Crippen molar-refractivity contribution in [2.24, 2.45) is 0 Å². The summed E-state index contributed by atoms with van der Waals surface area (Å²) in [4.78, 5) is 2.40. The van der Waals surface area contributed by atoms with Crippen LogP contribution in [0, 0.1) is 11.3 Å². The minimum absolute atomic E-state index is 0.685. The maximum Gasteiger partial charge on any atom is 0.0991 e. The Hall–Kier alpha value is -2.36. The van der Waals surface area contributed by atoms with Crippen LogP contribution in [-0.4, -0.2) is 47.5 Å². The lowest BCUT2D eigenvalue weighted by Gasteiger charge is -2.26. The fourth-order valence-electron chi connectivity index (χ4n) is 2.55. The lowest BCUT2D eigenvalue weighted by molar-refractivity contribution is 0.0360. The third-order valence-electron chi connectivity index (χ3n) is 3.96. The van der Waals surface area contributed by atoms with Crippen LogP contribution < -0.4 is 5.32 Å². The van der Waals surface area contributed by atoms with Crippen LogP contribution in [0.1, 0.15) is 11.1 Å². The Morgan fingerprint density at radius 2 is 1.96 bits per heavy atom. The van der Waals surface area contributed by atoms with E-state index in [2.05, 4.69) is 21.4 Å². The van der Waals surface area contributed by atoms with Gasteiger partial charge in [-0.2, -0.15) is 10.4 Å². The average Bonchev–Trinajstić information content (AvgIpc) is 3.07. The topological polar surface area (TPSA) is 66.1 Å². The number of nitrogens with zero attached hydrogens (tertiary/aromatic N) is 4. The number of ether oxygens (including phenoxy) is 1. The van der Waals surface area contributed by atoms with Gasteiger partial charge in [-0.1, -0.05) is 12.1 Å². The fraction of sp³-hybridized carbons (Fsp3) is 0.412. The molecule has 1 aromatic heterocycles. The zero-order valence-electron chi connectivity index (χ0n) is 13.1. The van der Waals surface area contributed by atoms with E-state index in [-0.39, 0.29) is 0 Å². The highest BCUT2D eigenvalue weighted by molar-refractivity contribution is 5.40. The first-order valence-electron chi connectivity index (χ1n) is 7.89. The van der Waals surface area contributed by atoms with Gasteiger partial charge in [0.1, 0.15) is 0 Å². The van der Waals surface area contributed by atoms with Crippen LogP contribution in [0.3, 0.4) is 0 Å². The average molecular weight is 311 g/mol. The smallest absolute Gasteiger partial charge is 0.0991 e. The second-order valence-electron chi connectivity index (χ2n) is 5.61. The predicted octanol–water partition coefficient (Wildman–Crippen LogP) is 1.70. The van der Waals surface area contributed by atoms with Gasteiger partial charge in [0.25, 0.3) is 0 Å². The van der Waals surface area contributed by atoms with Gasteiger partial charge < -0.3 is 10.1 Å². The van der Waals surface area contributed by atoms with E-state index < -0.39 is 0 Å². The van der Waals surface area contributed by atoms with Crippen LogP contribution >= 0.6 is 0 Å². The number of anilines is 1. The molecule has 1 saturated heterocycles. The summed E-state index contributed by atoms with van der Waals surface area (Å²) in [5.41, 5.74) is 2.84. The first kappa shape index (κ1) is 15.5. The molecule has 0 radical (unpaired) electrons. The molecule has 1 aliphatic heterocycles. The second-order valence-corrected chi connectivity index (χ2v) is 5.61. The molecule has 0 amide bonds. The standard InChI is InChI=1S/C17H21N5O/c18-11-15-1-3-16(4-2-15)12-19-17-13-20-22(14-17)6-5-21-7-9-23-10-8-21/h1-4,13-14,19H,5-10,12H2. The Labute approximate surface area is 136 Å². The molecule has 1 aromatic carbocycles.